The molecule has 1 N–H and O–H groups in total. The monoisotopic (exact) mass is 485 g/mol. The molecule has 168 valence electrons. The van der Waals surface area contributed by atoms with Crippen molar-refractivity contribution < 1.29 is 17.6 Å². The van der Waals surface area contributed by atoms with Crippen molar-refractivity contribution in [2.24, 2.45) is 0 Å². The molecule has 2 aromatic heterocycles. The van der Waals surface area contributed by atoms with E-state index in [1.165, 1.54) is 59.2 Å². The second-order valence-corrected chi connectivity index (χ2v) is 9.64. The van der Waals surface area contributed by atoms with E-state index < -0.39 is 31.9 Å². The number of aromatic nitrogens is 2. The van der Waals surface area contributed by atoms with Gasteiger partial charge in [-0.2, -0.15) is 0 Å². The topological polar surface area (TPSA) is 98.1 Å². The summed E-state index contributed by atoms with van der Waals surface area (Å²) in [5.74, 6) is -0.958. The van der Waals surface area contributed by atoms with E-state index in [4.69, 9.17) is 11.6 Å². The highest BCUT2D eigenvalue weighted by Gasteiger charge is 2.25. The molecule has 4 rings (SSSR count). The lowest BCUT2D eigenvalue weighted by molar-refractivity contribution is -0.116. The molecule has 0 aliphatic rings. The van der Waals surface area contributed by atoms with E-state index in [1.807, 2.05) is 0 Å². The summed E-state index contributed by atoms with van der Waals surface area (Å²) < 4.78 is 40.9. The van der Waals surface area contributed by atoms with Crippen LogP contribution in [0.15, 0.2) is 81.4 Å². The molecule has 2 aromatic carbocycles. The van der Waals surface area contributed by atoms with Crippen molar-refractivity contribution in [1.82, 2.24) is 9.55 Å². The number of rotatable bonds is 5. The molecule has 0 unspecified atom stereocenters. The van der Waals surface area contributed by atoms with E-state index in [-0.39, 0.29) is 22.5 Å². The van der Waals surface area contributed by atoms with Gasteiger partial charge in [-0.15, -0.1) is 0 Å². The fourth-order valence-corrected chi connectivity index (χ4v) is 4.77. The molecule has 0 saturated carbocycles. The van der Waals surface area contributed by atoms with Gasteiger partial charge in [0.2, 0.25) is 21.2 Å². The number of pyridine rings is 2. The van der Waals surface area contributed by atoms with Crippen molar-refractivity contribution in [2.75, 3.05) is 5.32 Å². The van der Waals surface area contributed by atoms with Gasteiger partial charge in [-0.25, -0.2) is 17.8 Å². The average molecular weight is 486 g/mol. The van der Waals surface area contributed by atoms with Crippen molar-refractivity contribution in [3.63, 3.8) is 0 Å². The third-order valence-electron chi connectivity index (χ3n) is 4.88. The summed E-state index contributed by atoms with van der Waals surface area (Å²) in [7, 11) is -4.20. The minimum absolute atomic E-state index is 0.0604. The Bertz CT molecular complexity index is 1530. The van der Waals surface area contributed by atoms with Gasteiger partial charge in [0.25, 0.3) is 0 Å². The minimum Gasteiger partial charge on any atom is -0.325 e. The number of amides is 1. The molecular weight excluding hydrogens is 469 g/mol. The van der Waals surface area contributed by atoms with E-state index >= 15 is 0 Å². The molecule has 0 aliphatic carbocycles. The van der Waals surface area contributed by atoms with Gasteiger partial charge >= 0.3 is 0 Å². The largest absolute Gasteiger partial charge is 0.325 e. The van der Waals surface area contributed by atoms with Gasteiger partial charge in [-0.3, -0.25) is 9.59 Å². The number of aryl methyl sites for hydroxylation is 1. The van der Waals surface area contributed by atoms with E-state index in [0.717, 1.165) is 6.20 Å². The van der Waals surface area contributed by atoms with Crippen molar-refractivity contribution in [2.45, 2.75) is 23.3 Å². The highest BCUT2D eigenvalue weighted by molar-refractivity contribution is 7.91. The fourth-order valence-electron chi connectivity index (χ4n) is 3.27. The lowest BCUT2D eigenvalue weighted by Crippen LogP contribution is -2.24. The summed E-state index contributed by atoms with van der Waals surface area (Å²) in [6.07, 6.45) is 1.12. The molecule has 4 aromatic rings. The molecule has 0 bridgehead atoms. The van der Waals surface area contributed by atoms with Crippen LogP contribution in [0.3, 0.4) is 0 Å². The first kappa shape index (κ1) is 22.6. The van der Waals surface area contributed by atoms with Crippen LogP contribution < -0.4 is 10.7 Å². The zero-order valence-corrected chi connectivity index (χ0v) is 18.8. The predicted molar refractivity (Wildman–Crippen MR) is 123 cm³/mol. The predicted octanol–water partition coefficient (Wildman–Crippen LogP) is 3.97. The van der Waals surface area contributed by atoms with Crippen LogP contribution in [0.2, 0.25) is 5.02 Å². The van der Waals surface area contributed by atoms with Gasteiger partial charge in [0.1, 0.15) is 22.9 Å². The van der Waals surface area contributed by atoms with Crippen molar-refractivity contribution >= 4 is 44.1 Å². The second kappa shape index (κ2) is 8.76. The van der Waals surface area contributed by atoms with Crippen LogP contribution >= 0.6 is 11.6 Å². The lowest BCUT2D eigenvalue weighted by Gasteiger charge is -2.14. The number of halogens is 2. The standard InChI is InChI=1S/C23H17ClFN3O4S/c1-14-2-11-19-22(30)20(33(31,32)18-9-3-15(24)4-10-18)12-28(23(19)26-14)13-21(29)27-17-7-5-16(25)6-8-17/h2-12H,13H2,1H3,(H,27,29). The molecule has 0 saturated heterocycles. The van der Waals surface area contributed by atoms with Gasteiger partial charge < -0.3 is 9.88 Å². The Morgan fingerprint density at radius 2 is 1.73 bits per heavy atom. The zero-order chi connectivity index (χ0) is 23.8. The molecule has 0 aliphatic heterocycles. The number of sulfone groups is 1. The number of nitrogens with zero attached hydrogens (tertiary/aromatic N) is 2. The number of hydrogen-bond acceptors (Lipinski definition) is 5. The van der Waals surface area contributed by atoms with Crippen LogP contribution in [0, 0.1) is 12.7 Å². The summed E-state index contributed by atoms with van der Waals surface area (Å²) in [6, 6.07) is 13.7. The zero-order valence-electron chi connectivity index (χ0n) is 17.2. The van der Waals surface area contributed by atoms with Crippen LogP contribution in [0.1, 0.15) is 5.69 Å². The Labute approximate surface area is 193 Å². The SMILES string of the molecule is Cc1ccc2c(=O)c(S(=O)(=O)c3ccc(Cl)cc3)cn(CC(=O)Nc3ccc(F)cc3)c2n1. The maximum Gasteiger partial charge on any atom is 0.244 e. The van der Waals surface area contributed by atoms with Gasteiger partial charge in [-0.1, -0.05) is 11.6 Å². The van der Waals surface area contributed by atoms with Gasteiger partial charge in [0.05, 0.1) is 10.3 Å². The Balaban J connectivity index is 1.81. The summed E-state index contributed by atoms with van der Waals surface area (Å²) in [5.41, 5.74) is 0.403. The van der Waals surface area contributed by atoms with Crippen LogP contribution in [-0.4, -0.2) is 23.9 Å². The maximum absolute atomic E-state index is 13.2. The Morgan fingerprint density at radius 1 is 1.06 bits per heavy atom. The number of anilines is 1. The first-order valence-corrected chi connectivity index (χ1v) is 11.6. The van der Waals surface area contributed by atoms with Gasteiger partial charge in [0, 0.05) is 22.6 Å². The minimum atomic E-state index is -4.20. The molecule has 1 amide bonds. The normalized spacial score (nSPS) is 11.5. The van der Waals surface area contributed by atoms with Crippen LogP contribution in [0.5, 0.6) is 0 Å². The number of fused-ring (bicyclic) bond motifs is 1. The summed E-state index contributed by atoms with van der Waals surface area (Å²) in [5, 5.41) is 3.02. The number of carbonyl (C=O) groups is 1. The summed E-state index contributed by atoms with van der Waals surface area (Å²) >= 11 is 5.86. The number of carbonyl (C=O) groups excluding carboxylic acids is 1. The quantitative estimate of drug-likeness (QED) is 0.461. The number of nitrogens with one attached hydrogen (secondary N) is 1. The van der Waals surface area contributed by atoms with E-state index in [9.17, 15) is 22.4 Å². The first-order valence-electron chi connectivity index (χ1n) is 9.72. The highest BCUT2D eigenvalue weighted by atomic mass is 35.5. The lowest BCUT2D eigenvalue weighted by atomic mass is 10.2. The van der Waals surface area contributed by atoms with Crippen molar-refractivity contribution in [1.29, 1.82) is 0 Å². The van der Waals surface area contributed by atoms with E-state index in [2.05, 4.69) is 10.3 Å². The Hall–Kier alpha value is -3.56. The molecule has 0 atom stereocenters. The van der Waals surface area contributed by atoms with E-state index in [0.29, 0.717) is 16.4 Å². The Kier molecular flexibility index (Phi) is 6.01. The maximum atomic E-state index is 13.2. The first-order chi connectivity index (χ1) is 15.6. The summed E-state index contributed by atoms with van der Waals surface area (Å²) in [4.78, 5) is 29.5. The molecular formula is C23H17ClFN3O4S. The van der Waals surface area contributed by atoms with Crippen molar-refractivity contribution in [3.05, 3.63) is 93.6 Å². The fraction of sp³-hybridized carbons (Fsp3) is 0.0870. The molecule has 10 heteroatoms. The average Bonchev–Trinajstić information content (AvgIpc) is 2.77. The molecule has 0 spiro atoms. The molecule has 0 fully saturated rings. The molecule has 33 heavy (non-hydrogen) atoms. The number of hydrogen-bond donors (Lipinski definition) is 1. The smallest absolute Gasteiger partial charge is 0.244 e. The van der Waals surface area contributed by atoms with Crippen molar-refractivity contribution in [3.8, 4) is 0 Å². The summed E-state index contributed by atoms with van der Waals surface area (Å²) in [6.45, 7) is 1.39. The van der Waals surface area contributed by atoms with E-state index in [1.54, 1.807) is 13.0 Å². The number of benzene rings is 2. The van der Waals surface area contributed by atoms with Crippen LogP contribution in [-0.2, 0) is 21.2 Å². The molecule has 2 heterocycles. The third kappa shape index (κ3) is 4.64. The Morgan fingerprint density at radius 3 is 2.39 bits per heavy atom. The van der Waals surface area contributed by atoms with Crippen LogP contribution in [0.25, 0.3) is 11.0 Å². The van der Waals surface area contributed by atoms with Gasteiger partial charge in [-0.05, 0) is 67.6 Å². The van der Waals surface area contributed by atoms with Gasteiger partial charge in [0.15, 0.2) is 0 Å². The molecule has 0 radical (unpaired) electrons. The highest BCUT2D eigenvalue weighted by Crippen LogP contribution is 2.22. The van der Waals surface area contributed by atoms with Crippen LogP contribution in [0.4, 0.5) is 10.1 Å². The third-order valence-corrected chi connectivity index (χ3v) is 6.90. The second-order valence-electron chi connectivity index (χ2n) is 7.29. The molecule has 7 nitrogen and oxygen atoms in total.